The van der Waals surface area contributed by atoms with Crippen molar-refractivity contribution < 1.29 is 4.74 Å². The number of terminal acetylenes is 1. The molecule has 0 spiro atoms. The van der Waals surface area contributed by atoms with Gasteiger partial charge in [0.15, 0.2) is 5.75 Å². The summed E-state index contributed by atoms with van der Waals surface area (Å²) in [5, 5.41) is 4.26. The Morgan fingerprint density at radius 3 is 2.27 bits per heavy atom. The summed E-state index contributed by atoms with van der Waals surface area (Å²) in [7, 11) is 0. The molecule has 0 bridgehead atoms. The first kappa shape index (κ1) is 16.5. The van der Waals surface area contributed by atoms with Gasteiger partial charge in [-0.1, -0.05) is 48.2 Å². The van der Waals surface area contributed by atoms with Crippen molar-refractivity contribution in [2.45, 2.75) is 19.9 Å². The summed E-state index contributed by atoms with van der Waals surface area (Å²) >= 11 is 12.4. The molecule has 2 aromatic carbocycles. The van der Waals surface area contributed by atoms with Crippen LogP contribution >= 0.6 is 23.2 Å². The number of hydrogen-bond acceptors (Lipinski definition) is 2. The van der Waals surface area contributed by atoms with Gasteiger partial charge in [0.05, 0.1) is 10.0 Å². The highest BCUT2D eigenvalue weighted by Gasteiger charge is 2.09. The lowest BCUT2D eigenvalue weighted by Gasteiger charge is -2.11. The molecule has 2 rings (SSSR count). The zero-order valence-electron chi connectivity index (χ0n) is 12.3. The van der Waals surface area contributed by atoms with Crippen molar-refractivity contribution in [1.29, 1.82) is 0 Å². The summed E-state index contributed by atoms with van der Waals surface area (Å²) in [5.41, 5.74) is 3.34. The quantitative estimate of drug-likeness (QED) is 0.735. The minimum Gasteiger partial charge on any atom is -0.478 e. The maximum absolute atomic E-state index is 6.19. The molecule has 0 amide bonds. The monoisotopic (exact) mass is 333 g/mol. The summed E-state index contributed by atoms with van der Waals surface area (Å²) in [6, 6.07) is 12.0. The molecule has 2 aromatic rings. The summed E-state index contributed by atoms with van der Waals surface area (Å²) in [4.78, 5) is 0. The largest absolute Gasteiger partial charge is 0.478 e. The van der Waals surface area contributed by atoms with Crippen molar-refractivity contribution in [2.75, 3.05) is 11.9 Å². The van der Waals surface area contributed by atoms with Crippen molar-refractivity contribution in [3.63, 3.8) is 0 Å². The van der Waals surface area contributed by atoms with Crippen LogP contribution in [0, 0.1) is 12.3 Å². The van der Waals surface area contributed by atoms with Gasteiger partial charge >= 0.3 is 0 Å². The van der Waals surface area contributed by atoms with Gasteiger partial charge in [0.1, 0.15) is 6.61 Å². The van der Waals surface area contributed by atoms with E-state index in [1.165, 1.54) is 5.56 Å². The molecule has 22 heavy (non-hydrogen) atoms. The highest BCUT2D eigenvalue weighted by molar-refractivity contribution is 6.37. The topological polar surface area (TPSA) is 21.3 Å². The molecule has 0 aliphatic heterocycles. The second-order valence-corrected chi connectivity index (χ2v) is 5.60. The fraction of sp³-hybridized carbons (Fsp3) is 0.222. The van der Waals surface area contributed by atoms with Crippen LogP contribution in [0.15, 0.2) is 36.4 Å². The fourth-order valence-electron chi connectivity index (χ4n) is 2.03. The van der Waals surface area contributed by atoms with Gasteiger partial charge in [-0.3, -0.25) is 0 Å². The smallest absolute Gasteiger partial charge is 0.157 e. The van der Waals surface area contributed by atoms with E-state index < -0.39 is 0 Å². The van der Waals surface area contributed by atoms with Crippen molar-refractivity contribution >= 4 is 28.9 Å². The average Bonchev–Trinajstić information content (AvgIpc) is 2.52. The SMILES string of the molecule is C#CCOc1c(Cl)cc(CNc2ccc(CC)cc2)cc1Cl. The predicted molar refractivity (Wildman–Crippen MR) is 93.9 cm³/mol. The molecule has 114 valence electrons. The van der Waals surface area contributed by atoms with Crippen LogP contribution in [-0.2, 0) is 13.0 Å². The molecule has 0 aromatic heterocycles. The van der Waals surface area contributed by atoms with Gasteiger partial charge in [-0.05, 0) is 41.8 Å². The van der Waals surface area contributed by atoms with Gasteiger partial charge in [0.25, 0.3) is 0 Å². The van der Waals surface area contributed by atoms with Gasteiger partial charge in [0.2, 0.25) is 0 Å². The molecule has 2 nitrogen and oxygen atoms in total. The molecule has 0 heterocycles. The van der Waals surface area contributed by atoms with Crippen LogP contribution in [-0.4, -0.2) is 6.61 Å². The maximum Gasteiger partial charge on any atom is 0.157 e. The number of halogens is 2. The molecule has 4 heteroatoms. The van der Waals surface area contributed by atoms with E-state index in [1.807, 2.05) is 12.1 Å². The van der Waals surface area contributed by atoms with Crippen LogP contribution < -0.4 is 10.1 Å². The summed E-state index contributed by atoms with van der Waals surface area (Å²) in [5.74, 6) is 2.82. The standard InChI is InChI=1S/C18H17Cl2NO/c1-3-9-22-18-16(19)10-14(11-17(18)20)12-21-15-7-5-13(4-2)6-8-15/h1,5-8,10-11,21H,4,9,12H2,2H3. The predicted octanol–water partition coefficient (Wildman–Crippen LogP) is 5.18. The second-order valence-electron chi connectivity index (χ2n) is 4.79. The van der Waals surface area contributed by atoms with Crippen LogP contribution in [0.2, 0.25) is 10.0 Å². The highest BCUT2D eigenvalue weighted by Crippen LogP contribution is 2.34. The van der Waals surface area contributed by atoms with Gasteiger partial charge in [-0.25, -0.2) is 0 Å². The Kier molecular flexibility index (Phi) is 6.00. The molecule has 0 fully saturated rings. The Labute approximate surface area is 141 Å². The minimum atomic E-state index is 0.140. The van der Waals surface area contributed by atoms with E-state index in [9.17, 15) is 0 Å². The number of anilines is 1. The summed E-state index contributed by atoms with van der Waals surface area (Å²) < 4.78 is 5.34. The van der Waals surface area contributed by atoms with E-state index in [1.54, 1.807) is 0 Å². The summed E-state index contributed by atoms with van der Waals surface area (Å²) in [6.45, 7) is 2.90. The maximum atomic E-state index is 6.19. The number of aryl methyl sites for hydroxylation is 1. The van der Waals surface area contributed by atoms with Gasteiger partial charge in [-0.15, -0.1) is 6.42 Å². The van der Waals surface area contributed by atoms with Crippen molar-refractivity contribution in [2.24, 2.45) is 0 Å². The third kappa shape index (κ3) is 4.34. The Morgan fingerprint density at radius 2 is 1.73 bits per heavy atom. The van der Waals surface area contributed by atoms with Crippen molar-refractivity contribution in [3.05, 3.63) is 57.6 Å². The van der Waals surface area contributed by atoms with Crippen LogP contribution in [0.3, 0.4) is 0 Å². The van der Waals surface area contributed by atoms with E-state index in [4.69, 9.17) is 34.4 Å². The molecule has 0 saturated heterocycles. The molecule has 0 atom stereocenters. The van der Waals surface area contributed by atoms with E-state index in [2.05, 4.69) is 42.4 Å². The van der Waals surface area contributed by atoms with Crippen LogP contribution in [0.5, 0.6) is 5.75 Å². The third-order valence-electron chi connectivity index (χ3n) is 3.22. The van der Waals surface area contributed by atoms with Crippen LogP contribution in [0.1, 0.15) is 18.1 Å². The average molecular weight is 334 g/mol. The van der Waals surface area contributed by atoms with Gasteiger partial charge in [0, 0.05) is 12.2 Å². The Hall–Kier alpha value is -1.82. The molecule has 1 N–H and O–H groups in total. The lowest BCUT2D eigenvalue weighted by Crippen LogP contribution is -2.01. The first-order valence-corrected chi connectivity index (χ1v) is 7.76. The molecule has 0 aliphatic rings. The molecule has 0 radical (unpaired) electrons. The minimum absolute atomic E-state index is 0.140. The van der Waals surface area contributed by atoms with E-state index in [0.717, 1.165) is 17.7 Å². The Morgan fingerprint density at radius 1 is 1.09 bits per heavy atom. The lowest BCUT2D eigenvalue weighted by molar-refractivity contribution is 0.371. The Bertz CT molecular complexity index is 651. The molecular weight excluding hydrogens is 317 g/mol. The number of hydrogen-bond donors (Lipinski definition) is 1. The first-order valence-electron chi connectivity index (χ1n) is 7.01. The van der Waals surface area contributed by atoms with Crippen LogP contribution in [0.25, 0.3) is 0 Å². The number of ether oxygens (including phenoxy) is 1. The second kappa shape index (κ2) is 7.98. The summed E-state index contributed by atoms with van der Waals surface area (Å²) in [6.07, 6.45) is 6.20. The fourth-order valence-corrected chi connectivity index (χ4v) is 2.67. The number of benzene rings is 2. The third-order valence-corrected chi connectivity index (χ3v) is 3.78. The highest BCUT2D eigenvalue weighted by atomic mass is 35.5. The van der Waals surface area contributed by atoms with Gasteiger partial charge in [-0.2, -0.15) is 0 Å². The Balaban J connectivity index is 2.05. The number of nitrogens with one attached hydrogen (secondary N) is 1. The molecule has 0 aliphatic carbocycles. The zero-order chi connectivity index (χ0) is 15.9. The normalized spacial score (nSPS) is 10.1. The van der Waals surface area contributed by atoms with E-state index >= 15 is 0 Å². The lowest BCUT2D eigenvalue weighted by atomic mass is 10.1. The van der Waals surface area contributed by atoms with Crippen molar-refractivity contribution in [3.8, 4) is 18.1 Å². The van der Waals surface area contributed by atoms with Gasteiger partial charge < -0.3 is 10.1 Å². The van der Waals surface area contributed by atoms with Crippen LogP contribution in [0.4, 0.5) is 5.69 Å². The van der Waals surface area contributed by atoms with Crippen molar-refractivity contribution in [1.82, 2.24) is 0 Å². The van der Waals surface area contributed by atoms with E-state index in [0.29, 0.717) is 22.3 Å². The first-order chi connectivity index (χ1) is 10.6. The van der Waals surface area contributed by atoms with E-state index in [-0.39, 0.29) is 6.61 Å². The number of rotatable bonds is 6. The molecular formula is C18H17Cl2NO. The zero-order valence-corrected chi connectivity index (χ0v) is 13.8. The molecule has 0 unspecified atom stereocenters. The molecule has 0 saturated carbocycles.